The van der Waals surface area contributed by atoms with Gasteiger partial charge in [0, 0.05) is 43.1 Å². The second-order valence-electron chi connectivity index (χ2n) is 7.47. The third-order valence-corrected chi connectivity index (χ3v) is 7.48. The molecule has 0 aromatic carbocycles. The Morgan fingerprint density at radius 3 is 2.85 bits per heavy atom. The van der Waals surface area contributed by atoms with Crippen molar-refractivity contribution in [3.8, 4) is 0 Å². The van der Waals surface area contributed by atoms with E-state index in [1.54, 1.807) is 6.20 Å². The van der Waals surface area contributed by atoms with Crippen molar-refractivity contribution in [2.75, 3.05) is 13.1 Å². The van der Waals surface area contributed by atoms with E-state index >= 15 is 0 Å². The summed E-state index contributed by atoms with van der Waals surface area (Å²) in [5.41, 5.74) is 3.79. The third kappa shape index (κ3) is 2.45. The van der Waals surface area contributed by atoms with Crippen molar-refractivity contribution in [1.82, 2.24) is 28.4 Å². The summed E-state index contributed by atoms with van der Waals surface area (Å²) in [6.07, 6.45) is 8.14. The zero-order chi connectivity index (χ0) is 17.9. The van der Waals surface area contributed by atoms with E-state index in [-0.39, 0.29) is 12.0 Å². The lowest BCUT2D eigenvalue weighted by atomic mass is 9.95. The van der Waals surface area contributed by atoms with Gasteiger partial charge in [-0.05, 0) is 31.2 Å². The maximum Gasteiger partial charge on any atom is 0.279 e. The number of imidazole rings is 1. The van der Waals surface area contributed by atoms with E-state index in [9.17, 15) is 8.42 Å². The summed E-state index contributed by atoms with van der Waals surface area (Å²) in [6.45, 7) is 3.46. The van der Waals surface area contributed by atoms with E-state index in [2.05, 4.69) is 31.0 Å². The molecule has 0 radical (unpaired) electrons. The van der Waals surface area contributed by atoms with Crippen molar-refractivity contribution < 1.29 is 8.42 Å². The van der Waals surface area contributed by atoms with Gasteiger partial charge in [-0.3, -0.25) is 4.40 Å². The van der Waals surface area contributed by atoms with Crippen molar-refractivity contribution in [3.63, 3.8) is 0 Å². The molecule has 2 fully saturated rings. The summed E-state index contributed by atoms with van der Waals surface area (Å²) in [4.78, 5) is 12.0. The van der Waals surface area contributed by atoms with Crippen LogP contribution < -0.4 is 4.72 Å². The molecule has 3 atom stereocenters. The number of aromatic amines is 1. The fourth-order valence-corrected chi connectivity index (χ4v) is 5.82. The Morgan fingerprint density at radius 1 is 1.23 bits per heavy atom. The number of hydrogen-bond acceptors (Lipinski definition) is 4. The fraction of sp³-hybridized carbons (Fsp3) is 0.529. The number of fused-ring (bicyclic) bond motifs is 3. The standard InChI is InChI=1S/C17H22N6O2S/c1-11-7-12(21-26(24,25)22-5-2-6-22)8-13(11)15-9-19-16-10-20-17-14(23(15)16)3-4-18-17/h3-4,9-13,18,21H,2,5-8H2,1H3/t11-,12+,13+/m1/s1. The van der Waals surface area contributed by atoms with Gasteiger partial charge in [-0.25, -0.2) is 9.97 Å². The Hall–Kier alpha value is -1.97. The van der Waals surface area contributed by atoms with Crippen molar-refractivity contribution >= 4 is 27.0 Å². The predicted octanol–water partition coefficient (Wildman–Crippen LogP) is 1.63. The monoisotopic (exact) mass is 374 g/mol. The Morgan fingerprint density at radius 2 is 2.08 bits per heavy atom. The molecule has 138 valence electrons. The predicted molar refractivity (Wildman–Crippen MR) is 98.0 cm³/mol. The van der Waals surface area contributed by atoms with Gasteiger partial charge in [-0.15, -0.1) is 0 Å². The molecule has 1 aliphatic carbocycles. The van der Waals surface area contributed by atoms with Gasteiger partial charge in [-0.2, -0.15) is 17.4 Å². The minimum Gasteiger partial charge on any atom is -0.345 e. The molecule has 0 amide bonds. The van der Waals surface area contributed by atoms with E-state index in [1.807, 2.05) is 18.5 Å². The lowest BCUT2D eigenvalue weighted by molar-refractivity contribution is 0.301. The number of aromatic nitrogens is 4. The number of nitrogens with zero attached hydrogens (tertiary/aromatic N) is 4. The molecule has 4 heterocycles. The third-order valence-electron chi connectivity index (χ3n) is 5.80. The van der Waals surface area contributed by atoms with Gasteiger partial charge in [-0.1, -0.05) is 6.92 Å². The number of nitrogens with one attached hydrogen (secondary N) is 2. The van der Waals surface area contributed by atoms with Crippen LogP contribution >= 0.6 is 0 Å². The minimum atomic E-state index is -3.34. The molecule has 1 aliphatic heterocycles. The second-order valence-corrected chi connectivity index (χ2v) is 9.18. The largest absolute Gasteiger partial charge is 0.345 e. The van der Waals surface area contributed by atoms with Gasteiger partial charge in [0.15, 0.2) is 11.3 Å². The van der Waals surface area contributed by atoms with Crippen LogP contribution in [0.2, 0.25) is 0 Å². The first-order valence-electron chi connectivity index (χ1n) is 9.10. The zero-order valence-corrected chi connectivity index (χ0v) is 15.4. The maximum absolute atomic E-state index is 12.4. The normalized spacial score (nSPS) is 27.3. The van der Waals surface area contributed by atoms with Crippen LogP contribution in [0.5, 0.6) is 0 Å². The summed E-state index contributed by atoms with van der Waals surface area (Å²) >= 11 is 0. The van der Waals surface area contributed by atoms with E-state index in [0.717, 1.165) is 41.8 Å². The molecule has 9 heteroatoms. The van der Waals surface area contributed by atoms with Crippen LogP contribution in [0.1, 0.15) is 37.8 Å². The van der Waals surface area contributed by atoms with Crippen LogP contribution in [-0.2, 0) is 10.2 Å². The quantitative estimate of drug-likeness (QED) is 0.726. The summed E-state index contributed by atoms with van der Waals surface area (Å²) in [5, 5.41) is 0. The smallest absolute Gasteiger partial charge is 0.279 e. The van der Waals surface area contributed by atoms with Crippen LogP contribution in [-0.4, -0.2) is 51.2 Å². The molecule has 5 rings (SSSR count). The van der Waals surface area contributed by atoms with Crippen LogP contribution in [0, 0.1) is 5.92 Å². The van der Waals surface area contributed by atoms with Gasteiger partial charge in [0.25, 0.3) is 10.2 Å². The van der Waals surface area contributed by atoms with Crippen LogP contribution in [0.25, 0.3) is 16.8 Å². The summed E-state index contributed by atoms with van der Waals surface area (Å²) in [6, 6.07) is 1.97. The number of rotatable bonds is 4. The highest BCUT2D eigenvalue weighted by Gasteiger charge is 2.38. The van der Waals surface area contributed by atoms with Crippen LogP contribution in [0.15, 0.2) is 24.7 Å². The maximum atomic E-state index is 12.4. The first-order chi connectivity index (χ1) is 12.5. The van der Waals surface area contributed by atoms with E-state index < -0.39 is 10.2 Å². The second kappa shape index (κ2) is 5.77. The van der Waals surface area contributed by atoms with Gasteiger partial charge in [0.1, 0.15) is 0 Å². The molecule has 0 bridgehead atoms. The van der Waals surface area contributed by atoms with E-state index in [0.29, 0.717) is 19.0 Å². The van der Waals surface area contributed by atoms with Gasteiger partial charge >= 0.3 is 0 Å². The molecule has 26 heavy (non-hydrogen) atoms. The molecule has 0 unspecified atom stereocenters. The van der Waals surface area contributed by atoms with Gasteiger partial charge in [0.2, 0.25) is 0 Å². The Labute approximate surface area is 151 Å². The molecule has 1 saturated heterocycles. The molecular formula is C17H22N6O2S. The summed E-state index contributed by atoms with van der Waals surface area (Å²) in [5.74, 6) is 0.635. The van der Waals surface area contributed by atoms with Crippen molar-refractivity contribution in [3.05, 3.63) is 30.4 Å². The van der Waals surface area contributed by atoms with Crippen LogP contribution in [0.4, 0.5) is 0 Å². The van der Waals surface area contributed by atoms with Crippen molar-refractivity contribution in [2.24, 2.45) is 5.92 Å². The SMILES string of the molecule is C[C@@H]1C[C@H](NS(=O)(=O)N2CCC2)C[C@@H]1c1cnc2cnc3[nH]ccc3n12. The molecule has 2 aliphatic rings. The summed E-state index contributed by atoms with van der Waals surface area (Å²) in [7, 11) is -3.34. The molecule has 0 spiro atoms. The highest BCUT2D eigenvalue weighted by molar-refractivity contribution is 7.87. The highest BCUT2D eigenvalue weighted by atomic mass is 32.2. The first-order valence-corrected chi connectivity index (χ1v) is 10.5. The minimum absolute atomic E-state index is 0.0327. The van der Waals surface area contributed by atoms with Crippen molar-refractivity contribution in [1.29, 1.82) is 0 Å². The van der Waals surface area contributed by atoms with Gasteiger partial charge in [0.05, 0.1) is 11.7 Å². The average molecular weight is 374 g/mol. The number of hydrogen-bond donors (Lipinski definition) is 2. The zero-order valence-electron chi connectivity index (χ0n) is 14.6. The first kappa shape index (κ1) is 16.2. The molecule has 8 nitrogen and oxygen atoms in total. The van der Waals surface area contributed by atoms with Gasteiger partial charge < -0.3 is 4.98 Å². The molecule has 3 aromatic rings. The van der Waals surface area contributed by atoms with Crippen LogP contribution in [0.3, 0.4) is 0 Å². The molecular weight excluding hydrogens is 352 g/mol. The van der Waals surface area contributed by atoms with Crippen molar-refractivity contribution in [2.45, 2.75) is 38.1 Å². The Balaban J connectivity index is 1.45. The van der Waals surface area contributed by atoms with E-state index in [1.165, 1.54) is 4.31 Å². The topological polar surface area (TPSA) is 95.4 Å². The lowest BCUT2D eigenvalue weighted by Gasteiger charge is -2.31. The summed E-state index contributed by atoms with van der Waals surface area (Å²) < 4.78 is 31.4. The van der Waals surface area contributed by atoms with E-state index in [4.69, 9.17) is 0 Å². The lowest BCUT2D eigenvalue weighted by Crippen LogP contribution is -2.50. The molecule has 1 saturated carbocycles. The molecule has 3 aromatic heterocycles. The highest BCUT2D eigenvalue weighted by Crippen LogP contribution is 2.40. The Bertz CT molecular complexity index is 1070. The average Bonchev–Trinajstić information content (AvgIpc) is 3.21. The molecule has 2 N–H and O–H groups in total. The number of H-pyrrole nitrogens is 1. The Kier molecular flexibility index (Phi) is 3.60. The fourth-order valence-electron chi connectivity index (χ4n) is 4.32.